The Morgan fingerprint density at radius 1 is 0.750 bits per heavy atom. The number of hydrogen-bond donors (Lipinski definition) is 0. The highest BCUT2D eigenvalue weighted by atomic mass is 14.9. The third-order valence-corrected chi connectivity index (χ3v) is 3.72. The minimum absolute atomic E-state index is 1.03. The number of para-hydroxylation sites is 2. The van der Waals surface area contributed by atoms with E-state index in [0.29, 0.717) is 0 Å². The van der Waals surface area contributed by atoms with E-state index in [-0.39, 0.29) is 0 Å². The molecule has 0 radical (unpaired) electrons. The molecular weight excluding hydrogens is 244 g/mol. The quantitative estimate of drug-likeness (QED) is 0.492. The molecule has 0 atom stereocenters. The second kappa shape index (κ2) is 4.20. The first kappa shape index (κ1) is 11.2. The molecule has 0 spiro atoms. The lowest BCUT2D eigenvalue weighted by Crippen LogP contribution is -1.96. The summed E-state index contributed by atoms with van der Waals surface area (Å²) in [6.07, 6.45) is 0. The largest absolute Gasteiger partial charge is 0.310 e. The highest BCUT2D eigenvalue weighted by Gasteiger charge is 2.11. The number of aryl methyl sites for hydroxylation is 1. The van der Waals surface area contributed by atoms with Gasteiger partial charge in [-0.25, -0.2) is 4.98 Å². The second-order valence-electron chi connectivity index (χ2n) is 5.01. The summed E-state index contributed by atoms with van der Waals surface area (Å²) in [6, 6.07) is 23.0. The van der Waals surface area contributed by atoms with Gasteiger partial charge in [-0.15, -0.1) is 0 Å². The van der Waals surface area contributed by atoms with E-state index in [1.165, 1.54) is 5.69 Å². The Bertz CT molecular complexity index is 905. The third-order valence-electron chi connectivity index (χ3n) is 3.72. The fourth-order valence-electron chi connectivity index (χ4n) is 2.78. The van der Waals surface area contributed by atoms with Crippen LogP contribution in [0.2, 0.25) is 0 Å². The minimum atomic E-state index is 1.03. The van der Waals surface area contributed by atoms with Crippen molar-refractivity contribution in [1.29, 1.82) is 0 Å². The topological polar surface area (TPSA) is 17.3 Å². The van der Waals surface area contributed by atoms with Gasteiger partial charge in [-0.3, -0.25) is 0 Å². The molecule has 2 aromatic carbocycles. The first-order valence-electron chi connectivity index (χ1n) is 6.77. The number of benzene rings is 2. The van der Waals surface area contributed by atoms with Crippen LogP contribution >= 0.6 is 0 Å². The van der Waals surface area contributed by atoms with Gasteiger partial charge in [-0.2, -0.15) is 0 Å². The van der Waals surface area contributed by atoms with E-state index in [1.807, 2.05) is 12.1 Å². The summed E-state index contributed by atoms with van der Waals surface area (Å²) >= 11 is 0. The van der Waals surface area contributed by atoms with Crippen LogP contribution in [-0.4, -0.2) is 9.38 Å². The lowest BCUT2D eigenvalue weighted by atomic mass is 10.1. The zero-order chi connectivity index (χ0) is 13.5. The Labute approximate surface area is 117 Å². The van der Waals surface area contributed by atoms with E-state index in [4.69, 9.17) is 4.98 Å². The van der Waals surface area contributed by atoms with Crippen LogP contribution in [0.25, 0.3) is 27.8 Å². The molecule has 0 fully saturated rings. The van der Waals surface area contributed by atoms with Crippen molar-refractivity contribution in [3.63, 3.8) is 0 Å². The molecule has 0 unspecified atom stereocenters. The van der Waals surface area contributed by atoms with Crippen LogP contribution in [0.1, 0.15) is 5.69 Å². The summed E-state index contributed by atoms with van der Waals surface area (Å²) in [4.78, 5) is 4.87. The Balaban J connectivity index is 2.20. The summed E-state index contributed by atoms with van der Waals surface area (Å²) in [5.41, 5.74) is 6.77. The fourth-order valence-corrected chi connectivity index (χ4v) is 2.78. The van der Waals surface area contributed by atoms with Crippen LogP contribution < -0.4 is 0 Å². The van der Waals surface area contributed by atoms with Crippen LogP contribution in [0, 0.1) is 6.92 Å². The smallest absolute Gasteiger partial charge is 0.0950 e. The molecule has 4 aromatic rings. The van der Waals surface area contributed by atoms with Gasteiger partial charge in [0.2, 0.25) is 0 Å². The van der Waals surface area contributed by atoms with Gasteiger partial charge in [0.25, 0.3) is 0 Å². The van der Waals surface area contributed by atoms with Gasteiger partial charge in [-0.05, 0) is 31.2 Å². The van der Waals surface area contributed by atoms with Gasteiger partial charge < -0.3 is 4.40 Å². The average molecular weight is 258 g/mol. The normalized spacial score (nSPS) is 11.2. The number of aromatic nitrogens is 2. The van der Waals surface area contributed by atoms with Crippen molar-refractivity contribution in [2.75, 3.05) is 0 Å². The molecular formula is C18H14N2. The molecule has 2 nitrogen and oxygen atoms in total. The average Bonchev–Trinajstić information content (AvgIpc) is 2.90. The molecule has 2 heterocycles. The Morgan fingerprint density at radius 2 is 1.50 bits per heavy atom. The van der Waals surface area contributed by atoms with Gasteiger partial charge in [0.15, 0.2) is 0 Å². The lowest BCUT2D eigenvalue weighted by molar-refractivity contribution is 1.15. The van der Waals surface area contributed by atoms with Crippen molar-refractivity contribution in [2.24, 2.45) is 0 Å². The highest BCUT2D eigenvalue weighted by molar-refractivity contribution is 5.88. The number of fused-ring (bicyclic) bond motifs is 3. The summed E-state index contributed by atoms with van der Waals surface area (Å²) < 4.78 is 2.28. The Kier molecular flexibility index (Phi) is 2.36. The van der Waals surface area contributed by atoms with Gasteiger partial charge >= 0.3 is 0 Å². The summed E-state index contributed by atoms with van der Waals surface area (Å²) in [6.45, 7) is 2.13. The molecule has 0 saturated heterocycles. The first-order valence-corrected chi connectivity index (χ1v) is 6.77. The standard InChI is InChI=1S/C18H14N2/c1-13-11-12-17-18(14-7-3-2-4-8-14)19-15-9-5-6-10-16(15)20(13)17/h2-12H,1H3. The van der Waals surface area contributed by atoms with Gasteiger partial charge in [0, 0.05) is 11.3 Å². The predicted molar refractivity (Wildman–Crippen MR) is 82.9 cm³/mol. The summed E-state index contributed by atoms with van der Waals surface area (Å²) in [5, 5.41) is 0. The number of nitrogens with zero attached hydrogens (tertiary/aromatic N) is 2. The molecule has 0 aliphatic heterocycles. The van der Waals surface area contributed by atoms with Crippen molar-refractivity contribution < 1.29 is 0 Å². The lowest BCUT2D eigenvalue weighted by Gasteiger charge is -2.09. The van der Waals surface area contributed by atoms with Gasteiger partial charge in [0.1, 0.15) is 0 Å². The molecule has 2 heteroatoms. The molecule has 0 N–H and O–H groups in total. The molecule has 0 aliphatic carbocycles. The van der Waals surface area contributed by atoms with Crippen LogP contribution in [0.15, 0.2) is 66.7 Å². The zero-order valence-electron chi connectivity index (χ0n) is 11.2. The van der Waals surface area contributed by atoms with Crippen LogP contribution in [0.5, 0.6) is 0 Å². The van der Waals surface area contributed by atoms with Crippen LogP contribution in [0.4, 0.5) is 0 Å². The maximum absolute atomic E-state index is 4.87. The van der Waals surface area contributed by atoms with E-state index < -0.39 is 0 Å². The Hall–Kier alpha value is -2.61. The van der Waals surface area contributed by atoms with Crippen molar-refractivity contribution >= 4 is 16.6 Å². The monoisotopic (exact) mass is 258 g/mol. The van der Waals surface area contributed by atoms with Crippen LogP contribution in [0.3, 0.4) is 0 Å². The highest BCUT2D eigenvalue weighted by Crippen LogP contribution is 2.28. The van der Waals surface area contributed by atoms with E-state index in [0.717, 1.165) is 27.8 Å². The maximum Gasteiger partial charge on any atom is 0.0950 e. The summed E-state index contributed by atoms with van der Waals surface area (Å²) in [5.74, 6) is 0. The minimum Gasteiger partial charge on any atom is -0.310 e. The molecule has 0 amide bonds. The third kappa shape index (κ3) is 1.55. The van der Waals surface area contributed by atoms with Crippen molar-refractivity contribution in [3.8, 4) is 11.3 Å². The molecule has 0 bridgehead atoms. The molecule has 96 valence electrons. The van der Waals surface area contributed by atoms with Crippen molar-refractivity contribution in [1.82, 2.24) is 9.38 Å². The second-order valence-corrected chi connectivity index (χ2v) is 5.01. The first-order chi connectivity index (χ1) is 9.84. The molecule has 20 heavy (non-hydrogen) atoms. The van der Waals surface area contributed by atoms with Crippen molar-refractivity contribution in [2.45, 2.75) is 6.92 Å². The fraction of sp³-hybridized carbons (Fsp3) is 0.0556. The van der Waals surface area contributed by atoms with Gasteiger partial charge in [0.05, 0.1) is 22.2 Å². The molecule has 2 aromatic heterocycles. The maximum atomic E-state index is 4.87. The number of rotatable bonds is 1. The molecule has 4 rings (SSSR count). The summed E-state index contributed by atoms with van der Waals surface area (Å²) in [7, 11) is 0. The predicted octanol–water partition coefficient (Wildman–Crippen LogP) is 4.46. The molecule has 0 aliphatic rings. The van der Waals surface area contributed by atoms with E-state index in [9.17, 15) is 0 Å². The van der Waals surface area contributed by atoms with Crippen molar-refractivity contribution in [3.05, 3.63) is 72.4 Å². The zero-order valence-corrected chi connectivity index (χ0v) is 11.2. The van der Waals surface area contributed by atoms with E-state index in [2.05, 4.69) is 65.9 Å². The Morgan fingerprint density at radius 3 is 2.35 bits per heavy atom. The van der Waals surface area contributed by atoms with Gasteiger partial charge in [-0.1, -0.05) is 42.5 Å². The SMILES string of the molecule is Cc1ccc2c(-c3ccccc3)nc3ccccc3n12. The van der Waals surface area contributed by atoms with E-state index in [1.54, 1.807) is 0 Å². The number of hydrogen-bond acceptors (Lipinski definition) is 1. The molecule has 0 saturated carbocycles. The van der Waals surface area contributed by atoms with Crippen LogP contribution in [-0.2, 0) is 0 Å². The van der Waals surface area contributed by atoms with E-state index >= 15 is 0 Å².